The fourth-order valence-corrected chi connectivity index (χ4v) is 4.83. The normalized spacial score (nSPS) is 12.0. The van der Waals surface area contributed by atoms with Crippen LogP contribution in [0.25, 0.3) is 10.4 Å². The quantitative estimate of drug-likeness (QED) is 0.243. The Kier molecular flexibility index (Phi) is 7.85. The first-order chi connectivity index (χ1) is 17.6. The zero-order valence-electron chi connectivity index (χ0n) is 20.8. The van der Waals surface area contributed by atoms with Crippen LogP contribution in [-0.2, 0) is 18.0 Å². The van der Waals surface area contributed by atoms with E-state index in [2.05, 4.69) is 36.1 Å². The number of anilines is 2. The molecule has 194 valence electrons. The van der Waals surface area contributed by atoms with Crippen molar-refractivity contribution in [1.82, 2.24) is 9.97 Å². The lowest BCUT2D eigenvalue weighted by Gasteiger charge is -2.22. The number of para-hydroxylation sites is 1. The first-order valence-electron chi connectivity index (χ1n) is 11.8. The molecule has 4 rings (SSSR count). The average molecular weight is 528 g/mol. The molecule has 4 aromatic rings. The third-order valence-corrected chi connectivity index (χ3v) is 6.67. The molecule has 0 aliphatic rings. The van der Waals surface area contributed by atoms with Gasteiger partial charge in [-0.15, -0.1) is 0 Å². The van der Waals surface area contributed by atoms with E-state index >= 15 is 0 Å². The van der Waals surface area contributed by atoms with Crippen LogP contribution in [0, 0.1) is 0 Å². The maximum absolute atomic E-state index is 13.9. The molecular weight excluding hydrogens is 499 g/mol. The summed E-state index contributed by atoms with van der Waals surface area (Å²) in [5.74, 6) is 0.853. The van der Waals surface area contributed by atoms with Gasteiger partial charge in [0, 0.05) is 18.4 Å². The van der Waals surface area contributed by atoms with Gasteiger partial charge in [-0.3, -0.25) is 0 Å². The number of aryl methyl sites for hydroxylation is 1. The molecular formula is C28H28F3N3O2S. The molecule has 0 unspecified atom stereocenters. The highest BCUT2D eigenvalue weighted by Crippen LogP contribution is 2.43. The number of nitrogens with zero attached hydrogens (tertiary/aromatic N) is 2. The molecule has 0 radical (unpaired) electrons. The van der Waals surface area contributed by atoms with E-state index in [-0.39, 0.29) is 27.9 Å². The van der Waals surface area contributed by atoms with Crippen molar-refractivity contribution in [2.24, 2.45) is 0 Å². The summed E-state index contributed by atoms with van der Waals surface area (Å²) in [5.41, 5.74) is 1.62. The molecule has 2 N–H and O–H groups in total. The molecule has 0 saturated carbocycles. The van der Waals surface area contributed by atoms with Crippen molar-refractivity contribution in [3.8, 4) is 22.1 Å². The largest absolute Gasteiger partial charge is 0.437 e. The standard InChI is InChI=1S/C28H28F3N3O2S/c1-27(2,3)20-9-4-5-11-22(20)36-25-21(10-6-16-32-25)33-26-34-24(28(29,30)31)23(37-26)19-14-12-18(13-15-19)8-7-17-35/h4-6,9-16,35H,7-8,17H2,1-3H3,(H,33,34). The molecule has 9 heteroatoms. The number of thiazole rings is 1. The third-order valence-electron chi connectivity index (χ3n) is 5.65. The summed E-state index contributed by atoms with van der Waals surface area (Å²) in [6.07, 6.45) is -1.81. The van der Waals surface area contributed by atoms with Gasteiger partial charge in [-0.25, -0.2) is 9.97 Å². The number of aromatic nitrogens is 2. The van der Waals surface area contributed by atoms with Gasteiger partial charge in [0.1, 0.15) is 11.4 Å². The Morgan fingerprint density at radius 2 is 1.70 bits per heavy atom. The first kappa shape index (κ1) is 26.6. The number of aliphatic hydroxyl groups is 1. The summed E-state index contributed by atoms with van der Waals surface area (Å²) < 4.78 is 47.9. The van der Waals surface area contributed by atoms with Crippen molar-refractivity contribution in [3.05, 3.63) is 83.7 Å². The average Bonchev–Trinajstić information content (AvgIpc) is 3.28. The van der Waals surface area contributed by atoms with Crippen LogP contribution < -0.4 is 10.1 Å². The second-order valence-corrected chi connectivity index (χ2v) is 10.5. The number of hydrogen-bond donors (Lipinski definition) is 2. The predicted molar refractivity (Wildman–Crippen MR) is 141 cm³/mol. The van der Waals surface area contributed by atoms with Crippen LogP contribution in [0.2, 0.25) is 0 Å². The Balaban J connectivity index is 1.65. The van der Waals surface area contributed by atoms with E-state index in [1.807, 2.05) is 24.3 Å². The van der Waals surface area contributed by atoms with Crippen LogP contribution in [0.5, 0.6) is 11.6 Å². The number of nitrogens with one attached hydrogen (secondary N) is 1. The van der Waals surface area contributed by atoms with E-state index < -0.39 is 11.9 Å². The second-order valence-electron chi connectivity index (χ2n) is 9.55. The van der Waals surface area contributed by atoms with Gasteiger partial charge in [0.2, 0.25) is 5.88 Å². The Hall–Kier alpha value is -3.43. The minimum absolute atomic E-state index is 0.0214. The summed E-state index contributed by atoms with van der Waals surface area (Å²) in [4.78, 5) is 8.23. The lowest BCUT2D eigenvalue weighted by molar-refractivity contribution is -0.140. The molecule has 2 aromatic carbocycles. The maximum atomic E-state index is 13.9. The Morgan fingerprint density at radius 1 is 0.973 bits per heavy atom. The topological polar surface area (TPSA) is 67.3 Å². The summed E-state index contributed by atoms with van der Waals surface area (Å²) in [6, 6.07) is 17.8. The van der Waals surface area contributed by atoms with Gasteiger partial charge in [-0.1, -0.05) is 74.6 Å². The fourth-order valence-electron chi connectivity index (χ4n) is 3.83. The number of hydrogen-bond acceptors (Lipinski definition) is 6. The number of alkyl halides is 3. The Labute approximate surface area is 218 Å². The fraction of sp³-hybridized carbons (Fsp3) is 0.286. The highest BCUT2D eigenvalue weighted by Gasteiger charge is 2.38. The van der Waals surface area contributed by atoms with E-state index in [1.165, 1.54) is 0 Å². The summed E-state index contributed by atoms with van der Waals surface area (Å²) in [6.45, 7) is 6.27. The molecule has 2 heterocycles. The molecule has 5 nitrogen and oxygen atoms in total. The lowest BCUT2D eigenvalue weighted by Crippen LogP contribution is -2.12. The van der Waals surface area contributed by atoms with Gasteiger partial charge in [0.25, 0.3) is 0 Å². The SMILES string of the molecule is CC(C)(C)c1ccccc1Oc1ncccc1Nc1nc(C(F)(F)F)c(-c2ccc(CCCO)cc2)s1. The van der Waals surface area contributed by atoms with Crippen LogP contribution >= 0.6 is 11.3 Å². The van der Waals surface area contributed by atoms with Gasteiger partial charge in [-0.2, -0.15) is 13.2 Å². The van der Waals surface area contributed by atoms with Gasteiger partial charge in [0.15, 0.2) is 10.8 Å². The van der Waals surface area contributed by atoms with E-state index in [0.29, 0.717) is 29.8 Å². The molecule has 0 saturated heterocycles. The van der Waals surface area contributed by atoms with E-state index in [1.54, 1.807) is 42.6 Å². The number of ether oxygens (including phenoxy) is 1. The third kappa shape index (κ3) is 6.47. The van der Waals surface area contributed by atoms with Crippen molar-refractivity contribution in [2.75, 3.05) is 11.9 Å². The van der Waals surface area contributed by atoms with Crippen molar-refractivity contribution >= 4 is 22.2 Å². The monoisotopic (exact) mass is 527 g/mol. The van der Waals surface area contributed by atoms with Gasteiger partial charge < -0.3 is 15.2 Å². The molecule has 0 fully saturated rings. The van der Waals surface area contributed by atoms with Crippen LogP contribution in [0.15, 0.2) is 66.9 Å². The number of benzene rings is 2. The number of pyridine rings is 1. The molecule has 2 aromatic heterocycles. The van der Waals surface area contributed by atoms with E-state index in [9.17, 15) is 13.2 Å². The molecule has 0 spiro atoms. The van der Waals surface area contributed by atoms with Gasteiger partial charge in [-0.05, 0) is 47.6 Å². The van der Waals surface area contributed by atoms with E-state index in [0.717, 1.165) is 22.5 Å². The smallest absolute Gasteiger partial charge is 0.434 e. The van der Waals surface area contributed by atoms with Crippen LogP contribution in [0.4, 0.5) is 24.0 Å². The zero-order chi connectivity index (χ0) is 26.6. The number of halogens is 3. The van der Waals surface area contributed by atoms with Crippen molar-refractivity contribution < 1.29 is 23.0 Å². The highest BCUT2D eigenvalue weighted by atomic mass is 32.1. The van der Waals surface area contributed by atoms with Crippen molar-refractivity contribution in [3.63, 3.8) is 0 Å². The summed E-state index contributed by atoms with van der Waals surface area (Å²) >= 11 is 0.915. The maximum Gasteiger partial charge on any atom is 0.434 e. The molecule has 0 amide bonds. The Morgan fingerprint density at radius 3 is 2.38 bits per heavy atom. The minimum atomic E-state index is -4.62. The first-order valence-corrected chi connectivity index (χ1v) is 12.7. The van der Waals surface area contributed by atoms with Crippen LogP contribution in [0.1, 0.15) is 44.0 Å². The van der Waals surface area contributed by atoms with Crippen molar-refractivity contribution in [1.29, 1.82) is 0 Å². The predicted octanol–water partition coefficient (Wildman–Crippen LogP) is 7.98. The van der Waals surface area contributed by atoms with Crippen LogP contribution in [-0.4, -0.2) is 21.7 Å². The number of aliphatic hydroxyl groups excluding tert-OH is 1. The van der Waals surface area contributed by atoms with E-state index in [4.69, 9.17) is 9.84 Å². The summed E-state index contributed by atoms with van der Waals surface area (Å²) in [5, 5.41) is 12.1. The van der Waals surface area contributed by atoms with Gasteiger partial charge >= 0.3 is 6.18 Å². The molecule has 0 aliphatic heterocycles. The number of rotatable bonds is 8. The highest BCUT2D eigenvalue weighted by molar-refractivity contribution is 7.19. The summed E-state index contributed by atoms with van der Waals surface area (Å²) in [7, 11) is 0. The van der Waals surface area contributed by atoms with Gasteiger partial charge in [0.05, 0.1) is 4.88 Å². The molecule has 0 aliphatic carbocycles. The minimum Gasteiger partial charge on any atom is -0.437 e. The Bertz CT molecular complexity index is 1350. The van der Waals surface area contributed by atoms with Crippen LogP contribution in [0.3, 0.4) is 0 Å². The molecule has 37 heavy (non-hydrogen) atoms. The second kappa shape index (κ2) is 10.9. The van der Waals surface area contributed by atoms with Crippen molar-refractivity contribution in [2.45, 2.75) is 45.2 Å². The lowest BCUT2D eigenvalue weighted by atomic mass is 9.86. The molecule has 0 bridgehead atoms. The molecule has 0 atom stereocenters. The zero-order valence-corrected chi connectivity index (χ0v) is 21.6.